The number of carboxylic acid groups (broad SMARTS) is 1. The average Bonchev–Trinajstić information content (AvgIpc) is 3.17. The first kappa shape index (κ1) is 21.6. The van der Waals surface area contributed by atoms with Gasteiger partial charge < -0.3 is 20.4 Å². The number of carbonyl (C=O) groups is 1. The summed E-state index contributed by atoms with van der Waals surface area (Å²) < 4.78 is 15.9. The molecule has 1 saturated heterocycles. The normalized spacial score (nSPS) is 22.3. The van der Waals surface area contributed by atoms with Crippen LogP contribution in [0.3, 0.4) is 0 Å². The Morgan fingerprint density at radius 1 is 1.27 bits per heavy atom. The van der Waals surface area contributed by atoms with Crippen LogP contribution in [0.5, 0.6) is 0 Å². The smallest absolute Gasteiger partial charge is 0.356 e. The highest BCUT2D eigenvalue weighted by Gasteiger charge is 2.55. The van der Waals surface area contributed by atoms with Crippen molar-refractivity contribution in [3.8, 4) is 0 Å². The monoisotopic (exact) mass is 473 g/mol. The number of pyridine rings is 1. The number of benzene rings is 1. The summed E-state index contributed by atoms with van der Waals surface area (Å²) in [7, 11) is 1.59. The van der Waals surface area contributed by atoms with Crippen LogP contribution in [0, 0.1) is 17.7 Å². The number of halogens is 2. The molecule has 1 saturated carbocycles. The van der Waals surface area contributed by atoms with E-state index in [2.05, 4.69) is 10.3 Å². The van der Waals surface area contributed by atoms with E-state index in [0.717, 1.165) is 6.07 Å². The number of aromatic carboxylic acids is 1. The minimum Gasteiger partial charge on any atom is -0.476 e. The number of nitrogens with one attached hydrogen (secondary N) is 1. The molecule has 2 fully saturated rings. The molecule has 33 heavy (non-hydrogen) atoms. The molecule has 0 bridgehead atoms. The van der Waals surface area contributed by atoms with Crippen LogP contribution in [0.4, 0.5) is 16.0 Å². The molecule has 3 aromatic rings. The molecule has 3 N–H and O–H groups in total. The number of hydrogen-bond acceptors (Lipinski definition) is 7. The maximum atomic E-state index is 14.5. The van der Waals surface area contributed by atoms with Crippen molar-refractivity contribution in [2.24, 2.45) is 18.9 Å². The Labute approximate surface area is 192 Å². The van der Waals surface area contributed by atoms with Gasteiger partial charge in [-0.25, -0.2) is 19.2 Å². The third-order valence-corrected chi connectivity index (χ3v) is 6.70. The lowest BCUT2D eigenvalue weighted by Gasteiger charge is -2.24. The minimum absolute atomic E-state index is 0.0328. The van der Waals surface area contributed by atoms with E-state index in [1.54, 1.807) is 14.0 Å². The number of nitrogens with zero attached hydrogens (tertiary/aromatic N) is 4. The highest BCUT2D eigenvalue weighted by Crippen LogP contribution is 2.46. The molecule has 0 spiro atoms. The van der Waals surface area contributed by atoms with Gasteiger partial charge in [0.15, 0.2) is 5.69 Å². The zero-order chi connectivity index (χ0) is 23.6. The van der Waals surface area contributed by atoms with Crippen LogP contribution in [0.2, 0.25) is 5.15 Å². The van der Waals surface area contributed by atoms with Gasteiger partial charge in [0.25, 0.3) is 5.56 Å². The number of aliphatic hydroxyl groups is 1. The molecule has 172 valence electrons. The van der Waals surface area contributed by atoms with Crippen molar-refractivity contribution in [3.63, 3.8) is 0 Å². The molecule has 1 aliphatic carbocycles. The molecular formula is C22H21ClFN5O4. The molecule has 0 amide bonds. The van der Waals surface area contributed by atoms with Gasteiger partial charge in [0.05, 0.1) is 28.7 Å². The van der Waals surface area contributed by atoms with Crippen molar-refractivity contribution >= 4 is 40.1 Å². The molecule has 1 aliphatic heterocycles. The van der Waals surface area contributed by atoms with Gasteiger partial charge in [0, 0.05) is 37.5 Å². The van der Waals surface area contributed by atoms with Crippen molar-refractivity contribution in [3.05, 3.63) is 56.8 Å². The van der Waals surface area contributed by atoms with E-state index in [9.17, 15) is 24.2 Å². The first-order valence-corrected chi connectivity index (χ1v) is 10.8. The van der Waals surface area contributed by atoms with E-state index < -0.39 is 17.8 Å². The van der Waals surface area contributed by atoms with E-state index in [-0.39, 0.29) is 45.4 Å². The Hall–Kier alpha value is -3.24. The number of anilines is 2. The fourth-order valence-corrected chi connectivity index (χ4v) is 4.80. The second-order valence-corrected chi connectivity index (χ2v) is 8.98. The van der Waals surface area contributed by atoms with Crippen molar-refractivity contribution in [2.45, 2.75) is 19.1 Å². The summed E-state index contributed by atoms with van der Waals surface area (Å²) in [6.45, 7) is 2.91. The standard InChI is InChI=1S/C22H21ClFN5O4/c1-9(25-15-3-4-16(23)26-18(15)21(32)33)11-5-10(24)6-12-17(11)27-22(28(2)20(12)31)29-7-13-14(8-29)19(13)30/h3-6,9,13-14,19,25,30H,7-8H2,1-2H3,(H,32,33)/t9-,13+,14+/m0/s1. The predicted molar refractivity (Wildman–Crippen MR) is 120 cm³/mol. The highest BCUT2D eigenvalue weighted by atomic mass is 35.5. The zero-order valence-electron chi connectivity index (χ0n) is 17.8. The molecular weight excluding hydrogens is 453 g/mol. The second kappa shape index (κ2) is 7.67. The Balaban J connectivity index is 1.58. The third-order valence-electron chi connectivity index (χ3n) is 6.49. The minimum atomic E-state index is -1.26. The van der Waals surface area contributed by atoms with Gasteiger partial charge in [-0.2, -0.15) is 0 Å². The lowest BCUT2D eigenvalue weighted by molar-refractivity contribution is 0.0691. The fraction of sp³-hybridized carbons (Fsp3) is 0.364. The summed E-state index contributed by atoms with van der Waals surface area (Å²) in [4.78, 5) is 35.2. The number of rotatable bonds is 5. The van der Waals surface area contributed by atoms with E-state index in [1.165, 1.54) is 22.8 Å². The molecule has 2 aliphatic rings. The number of fused-ring (bicyclic) bond motifs is 2. The SMILES string of the molecule is C[C@H](Nc1ccc(Cl)nc1C(=O)O)c1cc(F)cc2c(=O)n(C)c(N3C[C@H]4C(O)[C@@H]4C3)nc12. The fourth-order valence-electron chi connectivity index (χ4n) is 4.65. The molecule has 11 heteroatoms. The van der Waals surface area contributed by atoms with Crippen LogP contribution in [-0.2, 0) is 7.05 Å². The van der Waals surface area contributed by atoms with Crippen LogP contribution in [-0.4, -0.2) is 49.9 Å². The largest absolute Gasteiger partial charge is 0.476 e. The van der Waals surface area contributed by atoms with Gasteiger partial charge in [0.1, 0.15) is 11.0 Å². The van der Waals surface area contributed by atoms with Crippen molar-refractivity contribution in [1.82, 2.24) is 14.5 Å². The van der Waals surface area contributed by atoms with Crippen LogP contribution >= 0.6 is 11.6 Å². The zero-order valence-corrected chi connectivity index (χ0v) is 18.5. The maximum absolute atomic E-state index is 14.5. The van der Waals surface area contributed by atoms with E-state index in [1.807, 2.05) is 4.90 Å². The Kier molecular flexibility index (Phi) is 5.02. The van der Waals surface area contributed by atoms with E-state index in [4.69, 9.17) is 16.6 Å². The predicted octanol–water partition coefficient (Wildman–Crippen LogP) is 2.42. The van der Waals surface area contributed by atoms with Gasteiger partial charge in [-0.05, 0) is 31.2 Å². The summed E-state index contributed by atoms with van der Waals surface area (Å²) in [5.41, 5.74) is 0.279. The molecule has 3 atom stereocenters. The molecule has 5 rings (SSSR count). The summed E-state index contributed by atoms with van der Waals surface area (Å²) in [5, 5.41) is 22.5. The third kappa shape index (κ3) is 3.59. The summed E-state index contributed by atoms with van der Waals surface area (Å²) in [6.07, 6.45) is -0.302. The van der Waals surface area contributed by atoms with Gasteiger partial charge in [0.2, 0.25) is 5.95 Å². The molecule has 1 aromatic carbocycles. The average molecular weight is 474 g/mol. The Morgan fingerprint density at radius 2 is 1.97 bits per heavy atom. The number of aliphatic hydroxyl groups excluding tert-OH is 1. The topological polar surface area (TPSA) is 121 Å². The van der Waals surface area contributed by atoms with Crippen LogP contribution in [0.1, 0.15) is 29.0 Å². The first-order chi connectivity index (χ1) is 15.7. The number of aromatic nitrogens is 3. The van der Waals surface area contributed by atoms with Crippen LogP contribution in [0.15, 0.2) is 29.1 Å². The second-order valence-electron chi connectivity index (χ2n) is 8.59. The molecule has 9 nitrogen and oxygen atoms in total. The van der Waals surface area contributed by atoms with Crippen LogP contribution < -0.4 is 15.8 Å². The number of piperidine rings is 1. The lowest BCUT2D eigenvalue weighted by Crippen LogP contribution is -2.33. The first-order valence-electron chi connectivity index (χ1n) is 10.4. The van der Waals surface area contributed by atoms with Gasteiger partial charge >= 0.3 is 5.97 Å². The molecule has 3 heterocycles. The summed E-state index contributed by atoms with van der Waals surface area (Å²) >= 11 is 5.83. The van der Waals surface area contributed by atoms with Crippen molar-refractivity contribution in [1.29, 1.82) is 0 Å². The molecule has 2 aromatic heterocycles. The summed E-state index contributed by atoms with van der Waals surface area (Å²) in [6, 6.07) is 4.77. The van der Waals surface area contributed by atoms with E-state index >= 15 is 0 Å². The Morgan fingerprint density at radius 3 is 2.64 bits per heavy atom. The Bertz CT molecular complexity index is 1350. The molecule has 0 radical (unpaired) electrons. The maximum Gasteiger partial charge on any atom is 0.356 e. The van der Waals surface area contributed by atoms with Gasteiger partial charge in [-0.15, -0.1) is 0 Å². The van der Waals surface area contributed by atoms with Crippen molar-refractivity contribution < 1.29 is 19.4 Å². The van der Waals surface area contributed by atoms with Gasteiger partial charge in [-0.1, -0.05) is 11.6 Å². The number of carboxylic acids is 1. The number of hydrogen-bond donors (Lipinski definition) is 3. The van der Waals surface area contributed by atoms with Crippen LogP contribution in [0.25, 0.3) is 10.9 Å². The quantitative estimate of drug-likeness (QED) is 0.483. The van der Waals surface area contributed by atoms with E-state index in [0.29, 0.717) is 30.1 Å². The summed E-state index contributed by atoms with van der Waals surface area (Å²) in [5.74, 6) is -1.06. The van der Waals surface area contributed by atoms with Crippen molar-refractivity contribution in [2.75, 3.05) is 23.3 Å². The molecule has 0 unspecified atom stereocenters. The lowest BCUT2D eigenvalue weighted by atomic mass is 10.0. The van der Waals surface area contributed by atoms with Gasteiger partial charge in [-0.3, -0.25) is 9.36 Å². The highest BCUT2D eigenvalue weighted by molar-refractivity contribution is 6.29.